The lowest BCUT2D eigenvalue weighted by Crippen LogP contribution is -2.25. The molecule has 3 rings (SSSR count). The van der Waals surface area contributed by atoms with Crippen LogP contribution in [0.5, 0.6) is 5.75 Å². The number of amides is 1. The molecule has 27 heavy (non-hydrogen) atoms. The zero-order chi connectivity index (χ0) is 19.4. The van der Waals surface area contributed by atoms with Gasteiger partial charge in [0.1, 0.15) is 0 Å². The third-order valence-corrected chi connectivity index (χ3v) is 4.48. The lowest BCUT2D eigenvalue weighted by molar-refractivity contribution is 0.0954. The van der Waals surface area contributed by atoms with Crippen molar-refractivity contribution >= 4 is 11.6 Å². The largest absolute Gasteiger partial charge is 0.490 e. The van der Waals surface area contributed by atoms with Gasteiger partial charge >= 0.3 is 0 Å². The highest BCUT2D eigenvalue weighted by atomic mass is 16.5. The highest BCUT2D eigenvalue weighted by molar-refractivity contribution is 5.94. The van der Waals surface area contributed by atoms with E-state index in [-0.39, 0.29) is 11.3 Å². The smallest absolute Gasteiger partial charge is 0.251 e. The van der Waals surface area contributed by atoms with Gasteiger partial charge in [-0.1, -0.05) is 32.9 Å². The van der Waals surface area contributed by atoms with E-state index in [0.29, 0.717) is 25.1 Å². The van der Waals surface area contributed by atoms with Crippen LogP contribution < -0.4 is 10.1 Å². The van der Waals surface area contributed by atoms with Gasteiger partial charge in [0.25, 0.3) is 5.91 Å². The number of aromatic nitrogens is 2. The lowest BCUT2D eigenvalue weighted by Gasteiger charge is -2.19. The Bertz CT molecular complexity index is 921. The number of hydrogen-bond acceptors (Lipinski definition) is 3. The standard InChI is InChI=1S/C22H27N3O2/c1-5-27-19-7-6-14-25-15-18(24-20(19)25)12-13-23-21(26)16-8-10-17(11-9-16)22(2,3)4/h6-11,14-15H,5,12-13H2,1-4H3,(H,23,26). The van der Waals surface area contributed by atoms with E-state index in [1.54, 1.807) is 0 Å². The average Bonchev–Trinajstić information content (AvgIpc) is 3.05. The van der Waals surface area contributed by atoms with Crippen LogP contribution in [0.25, 0.3) is 5.65 Å². The topological polar surface area (TPSA) is 55.6 Å². The van der Waals surface area contributed by atoms with Crippen LogP contribution in [0, 0.1) is 0 Å². The summed E-state index contributed by atoms with van der Waals surface area (Å²) in [5.74, 6) is 0.712. The van der Waals surface area contributed by atoms with Crippen molar-refractivity contribution in [1.82, 2.24) is 14.7 Å². The van der Waals surface area contributed by atoms with Crippen LogP contribution in [-0.2, 0) is 11.8 Å². The van der Waals surface area contributed by atoms with Crippen molar-refractivity contribution < 1.29 is 9.53 Å². The van der Waals surface area contributed by atoms with E-state index in [2.05, 4.69) is 31.1 Å². The Hall–Kier alpha value is -2.82. The summed E-state index contributed by atoms with van der Waals surface area (Å²) in [4.78, 5) is 17.0. The van der Waals surface area contributed by atoms with Crippen molar-refractivity contribution in [3.8, 4) is 5.75 Å². The van der Waals surface area contributed by atoms with Crippen molar-refractivity contribution in [3.05, 3.63) is 65.6 Å². The Morgan fingerprint density at radius 3 is 2.59 bits per heavy atom. The molecule has 0 aliphatic rings. The summed E-state index contributed by atoms with van der Waals surface area (Å²) in [5, 5.41) is 2.97. The number of benzene rings is 1. The van der Waals surface area contributed by atoms with E-state index in [4.69, 9.17) is 4.74 Å². The number of hydrogen-bond donors (Lipinski definition) is 1. The Morgan fingerprint density at radius 2 is 1.93 bits per heavy atom. The molecule has 0 unspecified atom stereocenters. The maximum atomic E-state index is 12.4. The van der Waals surface area contributed by atoms with Gasteiger partial charge in [0, 0.05) is 30.9 Å². The first-order valence-electron chi connectivity index (χ1n) is 9.36. The van der Waals surface area contributed by atoms with E-state index in [1.165, 1.54) is 5.56 Å². The van der Waals surface area contributed by atoms with Gasteiger partial charge in [0.2, 0.25) is 0 Å². The second-order valence-electron chi connectivity index (χ2n) is 7.60. The molecule has 0 saturated heterocycles. The van der Waals surface area contributed by atoms with E-state index >= 15 is 0 Å². The molecule has 5 heteroatoms. The minimum Gasteiger partial charge on any atom is -0.490 e. The molecule has 0 saturated carbocycles. The summed E-state index contributed by atoms with van der Waals surface area (Å²) in [6.45, 7) is 9.58. The zero-order valence-corrected chi connectivity index (χ0v) is 16.5. The molecule has 1 aromatic carbocycles. The summed E-state index contributed by atoms with van der Waals surface area (Å²) in [7, 11) is 0. The Balaban J connectivity index is 1.60. The van der Waals surface area contributed by atoms with Crippen LogP contribution >= 0.6 is 0 Å². The highest BCUT2D eigenvalue weighted by Crippen LogP contribution is 2.22. The average molecular weight is 365 g/mol. The highest BCUT2D eigenvalue weighted by Gasteiger charge is 2.14. The van der Waals surface area contributed by atoms with Gasteiger partial charge in [-0.25, -0.2) is 4.98 Å². The molecule has 0 fully saturated rings. The summed E-state index contributed by atoms with van der Waals surface area (Å²) < 4.78 is 7.57. The fourth-order valence-corrected chi connectivity index (χ4v) is 2.95. The third-order valence-electron chi connectivity index (χ3n) is 4.48. The second kappa shape index (κ2) is 7.82. The van der Waals surface area contributed by atoms with Crippen LogP contribution in [0.4, 0.5) is 0 Å². The van der Waals surface area contributed by atoms with E-state index in [0.717, 1.165) is 17.1 Å². The van der Waals surface area contributed by atoms with Crippen molar-refractivity contribution in [2.75, 3.05) is 13.2 Å². The monoisotopic (exact) mass is 365 g/mol. The minimum atomic E-state index is -0.0609. The lowest BCUT2D eigenvalue weighted by atomic mass is 9.87. The number of nitrogens with zero attached hydrogens (tertiary/aromatic N) is 2. The van der Waals surface area contributed by atoms with Crippen LogP contribution in [-0.4, -0.2) is 28.4 Å². The summed E-state index contributed by atoms with van der Waals surface area (Å²) in [6.07, 6.45) is 4.59. The Kier molecular flexibility index (Phi) is 5.49. The molecule has 1 N–H and O–H groups in total. The molecule has 0 atom stereocenters. The van der Waals surface area contributed by atoms with E-state index in [9.17, 15) is 4.79 Å². The molecule has 0 aliphatic carbocycles. The van der Waals surface area contributed by atoms with E-state index < -0.39 is 0 Å². The van der Waals surface area contributed by atoms with Crippen molar-refractivity contribution in [2.45, 2.75) is 39.5 Å². The maximum absolute atomic E-state index is 12.4. The van der Waals surface area contributed by atoms with Crippen LogP contribution in [0.1, 0.15) is 49.3 Å². The molecule has 2 heterocycles. The summed E-state index contributed by atoms with van der Waals surface area (Å²) >= 11 is 0. The minimum absolute atomic E-state index is 0.0609. The molecule has 0 spiro atoms. The van der Waals surface area contributed by atoms with Crippen molar-refractivity contribution in [3.63, 3.8) is 0 Å². The summed E-state index contributed by atoms with van der Waals surface area (Å²) in [5.41, 5.74) is 3.70. The zero-order valence-electron chi connectivity index (χ0n) is 16.5. The Labute approximate surface area is 160 Å². The summed E-state index contributed by atoms with van der Waals surface area (Å²) in [6, 6.07) is 11.7. The van der Waals surface area contributed by atoms with Gasteiger partial charge in [0.15, 0.2) is 11.4 Å². The molecular weight excluding hydrogens is 338 g/mol. The normalized spacial score (nSPS) is 11.6. The number of fused-ring (bicyclic) bond motifs is 1. The predicted molar refractivity (Wildman–Crippen MR) is 108 cm³/mol. The first kappa shape index (κ1) is 19.0. The third kappa shape index (κ3) is 4.48. The molecule has 5 nitrogen and oxygen atoms in total. The van der Waals surface area contributed by atoms with Gasteiger partial charge in [-0.3, -0.25) is 4.79 Å². The van der Waals surface area contributed by atoms with Gasteiger partial charge in [-0.2, -0.15) is 0 Å². The molecule has 1 amide bonds. The number of imidazole rings is 1. The quantitative estimate of drug-likeness (QED) is 0.718. The maximum Gasteiger partial charge on any atom is 0.251 e. The number of ether oxygens (including phenoxy) is 1. The molecule has 0 bridgehead atoms. The fraction of sp³-hybridized carbons (Fsp3) is 0.364. The number of pyridine rings is 1. The van der Waals surface area contributed by atoms with Gasteiger partial charge in [0.05, 0.1) is 12.3 Å². The number of carbonyl (C=O) groups excluding carboxylic acids is 1. The molecule has 3 aromatic rings. The van der Waals surface area contributed by atoms with Crippen molar-refractivity contribution in [1.29, 1.82) is 0 Å². The fourth-order valence-electron chi connectivity index (χ4n) is 2.95. The van der Waals surface area contributed by atoms with Crippen LogP contribution in [0.2, 0.25) is 0 Å². The SMILES string of the molecule is CCOc1cccn2cc(CCNC(=O)c3ccc(C(C)(C)C)cc3)nc12. The predicted octanol–water partition coefficient (Wildman–Crippen LogP) is 4.00. The Morgan fingerprint density at radius 1 is 1.19 bits per heavy atom. The van der Waals surface area contributed by atoms with E-state index in [1.807, 2.05) is 60.1 Å². The number of nitrogens with one attached hydrogen (secondary N) is 1. The van der Waals surface area contributed by atoms with Crippen LogP contribution in [0.15, 0.2) is 48.8 Å². The van der Waals surface area contributed by atoms with Gasteiger partial charge < -0.3 is 14.5 Å². The number of carbonyl (C=O) groups is 1. The molecule has 0 aliphatic heterocycles. The molecule has 142 valence electrons. The number of rotatable bonds is 6. The van der Waals surface area contributed by atoms with Gasteiger partial charge in [-0.15, -0.1) is 0 Å². The molecule has 2 aromatic heterocycles. The van der Waals surface area contributed by atoms with Gasteiger partial charge in [-0.05, 0) is 42.2 Å². The second-order valence-corrected chi connectivity index (χ2v) is 7.60. The van der Waals surface area contributed by atoms with Crippen LogP contribution in [0.3, 0.4) is 0 Å². The first-order chi connectivity index (χ1) is 12.9. The van der Waals surface area contributed by atoms with Crippen molar-refractivity contribution in [2.24, 2.45) is 0 Å². The molecular formula is C22H27N3O2. The molecule has 0 radical (unpaired) electrons. The first-order valence-corrected chi connectivity index (χ1v) is 9.36.